The van der Waals surface area contributed by atoms with E-state index in [9.17, 15) is 5.11 Å². The first kappa shape index (κ1) is 14.5. The van der Waals surface area contributed by atoms with Crippen molar-refractivity contribution >= 4 is 0 Å². The van der Waals surface area contributed by atoms with Gasteiger partial charge in [-0.1, -0.05) is 38.1 Å². The molecule has 2 rings (SSSR count). The molecule has 106 valence electrons. The summed E-state index contributed by atoms with van der Waals surface area (Å²) in [4.78, 5) is 0. The van der Waals surface area contributed by atoms with E-state index < -0.39 is 6.10 Å². The highest BCUT2D eigenvalue weighted by molar-refractivity contribution is 5.26. The van der Waals surface area contributed by atoms with Crippen LogP contribution in [0.5, 0.6) is 5.88 Å². The van der Waals surface area contributed by atoms with Gasteiger partial charge in [-0.15, -0.1) is 10.2 Å². The number of methoxy groups -OCH3 is 1. The van der Waals surface area contributed by atoms with Gasteiger partial charge in [0.05, 0.1) is 12.8 Å². The summed E-state index contributed by atoms with van der Waals surface area (Å²) in [5, 5.41) is 18.0. The summed E-state index contributed by atoms with van der Waals surface area (Å²) in [5.74, 6) is 0.962. The molecule has 1 unspecified atom stereocenters. The van der Waals surface area contributed by atoms with E-state index in [1.165, 1.54) is 12.7 Å². The molecular formula is C16H20N2O2. The molecule has 2 aromatic rings. The highest BCUT2D eigenvalue weighted by Crippen LogP contribution is 2.20. The van der Waals surface area contributed by atoms with Crippen LogP contribution < -0.4 is 4.74 Å². The van der Waals surface area contributed by atoms with Crippen LogP contribution in [-0.2, 0) is 6.42 Å². The minimum atomic E-state index is -0.654. The number of rotatable bonds is 5. The second kappa shape index (κ2) is 6.48. The molecule has 0 amide bonds. The number of hydrogen-bond acceptors (Lipinski definition) is 4. The zero-order valence-corrected chi connectivity index (χ0v) is 12.1. The van der Waals surface area contributed by atoms with E-state index >= 15 is 0 Å². The van der Waals surface area contributed by atoms with Crippen molar-refractivity contribution < 1.29 is 9.84 Å². The van der Waals surface area contributed by atoms with Crippen LogP contribution >= 0.6 is 0 Å². The van der Waals surface area contributed by atoms with Gasteiger partial charge in [-0.05, 0) is 23.1 Å². The normalized spacial score (nSPS) is 12.4. The van der Waals surface area contributed by atoms with E-state index in [1.807, 2.05) is 0 Å². The molecule has 0 fully saturated rings. The van der Waals surface area contributed by atoms with Gasteiger partial charge in [0, 0.05) is 12.5 Å². The van der Waals surface area contributed by atoms with Crippen LogP contribution in [0, 0.1) is 0 Å². The first-order chi connectivity index (χ1) is 9.60. The van der Waals surface area contributed by atoms with E-state index in [4.69, 9.17) is 4.74 Å². The molecule has 0 spiro atoms. The Morgan fingerprint density at radius 2 is 1.75 bits per heavy atom. The lowest BCUT2D eigenvalue weighted by Crippen LogP contribution is -2.06. The molecule has 4 heteroatoms. The van der Waals surface area contributed by atoms with Gasteiger partial charge in [-0.2, -0.15) is 0 Å². The lowest BCUT2D eigenvalue weighted by Gasteiger charge is -2.11. The number of aromatic nitrogens is 2. The first-order valence-corrected chi connectivity index (χ1v) is 6.74. The maximum absolute atomic E-state index is 10.2. The standard InChI is InChI=1S/C16H20N2O2/c1-11(2)13-6-4-12(5-7-13)10-15(19)14-8-9-16(20-3)18-17-14/h4-9,11,15,19H,10H2,1-3H3. The summed E-state index contributed by atoms with van der Waals surface area (Å²) in [6.45, 7) is 4.33. The van der Waals surface area contributed by atoms with Gasteiger partial charge in [0.15, 0.2) is 0 Å². The third-order valence-electron chi connectivity index (χ3n) is 3.29. The summed E-state index contributed by atoms with van der Waals surface area (Å²) in [6, 6.07) is 11.7. The van der Waals surface area contributed by atoms with Gasteiger partial charge in [-0.25, -0.2) is 0 Å². The van der Waals surface area contributed by atoms with E-state index in [0.717, 1.165) is 5.56 Å². The van der Waals surface area contributed by atoms with Crippen LogP contribution in [0.1, 0.15) is 42.7 Å². The molecular weight excluding hydrogens is 252 g/mol. The SMILES string of the molecule is COc1ccc(C(O)Cc2ccc(C(C)C)cc2)nn1. The summed E-state index contributed by atoms with van der Waals surface area (Å²) in [6.07, 6.45) is -0.127. The molecule has 1 aromatic heterocycles. The van der Waals surface area contributed by atoms with Gasteiger partial charge >= 0.3 is 0 Å². The second-order valence-corrected chi connectivity index (χ2v) is 5.12. The molecule has 0 aliphatic rings. The summed E-state index contributed by atoms with van der Waals surface area (Å²) >= 11 is 0. The predicted molar refractivity (Wildman–Crippen MR) is 77.8 cm³/mol. The van der Waals surface area contributed by atoms with Crippen molar-refractivity contribution in [3.05, 3.63) is 53.2 Å². The average molecular weight is 272 g/mol. The molecule has 1 aromatic carbocycles. The van der Waals surface area contributed by atoms with Crippen molar-refractivity contribution in [1.82, 2.24) is 10.2 Å². The minimum absolute atomic E-state index is 0.447. The van der Waals surface area contributed by atoms with Crippen molar-refractivity contribution in [2.45, 2.75) is 32.3 Å². The van der Waals surface area contributed by atoms with Crippen LogP contribution in [0.15, 0.2) is 36.4 Å². The van der Waals surface area contributed by atoms with E-state index in [-0.39, 0.29) is 0 Å². The molecule has 4 nitrogen and oxygen atoms in total. The van der Waals surface area contributed by atoms with Crippen LogP contribution in [-0.4, -0.2) is 22.4 Å². The zero-order valence-electron chi connectivity index (χ0n) is 12.1. The Bertz CT molecular complexity index is 535. The highest BCUT2D eigenvalue weighted by atomic mass is 16.5. The molecule has 1 N–H and O–H groups in total. The third-order valence-corrected chi connectivity index (χ3v) is 3.29. The van der Waals surface area contributed by atoms with Gasteiger partial charge in [0.1, 0.15) is 6.10 Å². The van der Waals surface area contributed by atoms with Crippen LogP contribution in [0.2, 0.25) is 0 Å². The smallest absolute Gasteiger partial charge is 0.233 e. The molecule has 20 heavy (non-hydrogen) atoms. The van der Waals surface area contributed by atoms with Gasteiger partial charge in [0.2, 0.25) is 5.88 Å². The lowest BCUT2D eigenvalue weighted by molar-refractivity contribution is 0.172. The van der Waals surface area contributed by atoms with Crippen molar-refractivity contribution in [2.75, 3.05) is 7.11 Å². The Hall–Kier alpha value is -1.94. The first-order valence-electron chi connectivity index (χ1n) is 6.74. The maximum atomic E-state index is 10.2. The van der Waals surface area contributed by atoms with E-state index in [1.54, 1.807) is 12.1 Å². The monoisotopic (exact) mass is 272 g/mol. The van der Waals surface area contributed by atoms with Crippen LogP contribution in [0.3, 0.4) is 0 Å². The van der Waals surface area contributed by atoms with Crippen molar-refractivity contribution in [1.29, 1.82) is 0 Å². The number of aliphatic hydroxyl groups excluding tert-OH is 1. The minimum Gasteiger partial charge on any atom is -0.480 e. The molecule has 0 aliphatic heterocycles. The summed E-state index contributed by atoms with van der Waals surface area (Å²) in [7, 11) is 1.54. The molecule has 0 bridgehead atoms. The maximum Gasteiger partial charge on any atom is 0.233 e. The second-order valence-electron chi connectivity index (χ2n) is 5.12. The van der Waals surface area contributed by atoms with Gasteiger partial charge < -0.3 is 9.84 Å². The van der Waals surface area contributed by atoms with Crippen molar-refractivity contribution in [2.24, 2.45) is 0 Å². The topological polar surface area (TPSA) is 55.2 Å². The largest absolute Gasteiger partial charge is 0.480 e. The van der Waals surface area contributed by atoms with E-state index in [2.05, 4.69) is 48.3 Å². The van der Waals surface area contributed by atoms with Gasteiger partial charge in [0.25, 0.3) is 0 Å². The Labute approximate surface area is 119 Å². The van der Waals surface area contributed by atoms with Crippen molar-refractivity contribution in [3.8, 4) is 5.88 Å². The number of benzene rings is 1. The summed E-state index contributed by atoms with van der Waals surface area (Å²) in [5.41, 5.74) is 2.94. The molecule has 0 saturated heterocycles. The molecule has 0 aliphatic carbocycles. The third kappa shape index (κ3) is 3.54. The fourth-order valence-corrected chi connectivity index (χ4v) is 1.98. The average Bonchev–Trinajstić information content (AvgIpc) is 2.48. The molecule has 0 saturated carbocycles. The molecule has 0 radical (unpaired) electrons. The Kier molecular flexibility index (Phi) is 4.69. The fraction of sp³-hybridized carbons (Fsp3) is 0.375. The summed E-state index contributed by atoms with van der Waals surface area (Å²) < 4.78 is 4.95. The lowest BCUT2D eigenvalue weighted by atomic mass is 9.99. The molecule has 1 atom stereocenters. The van der Waals surface area contributed by atoms with Gasteiger partial charge in [-0.3, -0.25) is 0 Å². The number of ether oxygens (including phenoxy) is 1. The zero-order chi connectivity index (χ0) is 14.5. The highest BCUT2D eigenvalue weighted by Gasteiger charge is 2.11. The fourth-order valence-electron chi connectivity index (χ4n) is 1.98. The number of aliphatic hydroxyl groups is 1. The number of nitrogens with zero attached hydrogens (tertiary/aromatic N) is 2. The van der Waals surface area contributed by atoms with Crippen LogP contribution in [0.4, 0.5) is 0 Å². The predicted octanol–water partition coefficient (Wildman–Crippen LogP) is 2.88. The van der Waals surface area contributed by atoms with E-state index in [0.29, 0.717) is 23.9 Å². The Morgan fingerprint density at radius 1 is 1.05 bits per heavy atom. The Balaban J connectivity index is 2.04. The number of hydrogen-bond donors (Lipinski definition) is 1. The molecule has 1 heterocycles. The Morgan fingerprint density at radius 3 is 2.25 bits per heavy atom. The van der Waals surface area contributed by atoms with Crippen LogP contribution in [0.25, 0.3) is 0 Å². The quantitative estimate of drug-likeness (QED) is 0.909. The van der Waals surface area contributed by atoms with Crippen molar-refractivity contribution in [3.63, 3.8) is 0 Å².